The molecule has 0 saturated carbocycles. The van der Waals surface area contributed by atoms with E-state index in [4.69, 9.17) is 10.5 Å². The minimum absolute atomic E-state index is 0. The average Bonchev–Trinajstić information content (AvgIpc) is 2.89. The topological polar surface area (TPSA) is 72.6 Å². The number of hydrogen-bond donors (Lipinski definition) is 1. The van der Waals surface area contributed by atoms with E-state index < -0.39 is 10.0 Å². The van der Waals surface area contributed by atoms with Crippen LogP contribution in [0.5, 0.6) is 5.75 Å². The molecule has 1 aromatic rings. The molecule has 0 spiro atoms. The van der Waals surface area contributed by atoms with Gasteiger partial charge in [-0.1, -0.05) is 6.07 Å². The third kappa shape index (κ3) is 3.63. The van der Waals surface area contributed by atoms with Gasteiger partial charge in [0.15, 0.2) is 0 Å². The molecule has 1 unspecified atom stereocenters. The van der Waals surface area contributed by atoms with Crippen molar-refractivity contribution in [1.29, 1.82) is 0 Å². The molecule has 7 heteroatoms. The monoisotopic (exact) mass is 320 g/mol. The van der Waals surface area contributed by atoms with Gasteiger partial charge in [0.05, 0.1) is 11.5 Å². The summed E-state index contributed by atoms with van der Waals surface area (Å²) >= 11 is 0. The lowest BCUT2D eigenvalue weighted by Gasteiger charge is -2.17. The van der Waals surface area contributed by atoms with Crippen LogP contribution < -0.4 is 10.5 Å². The summed E-state index contributed by atoms with van der Waals surface area (Å²) in [5.74, 6) is 0.850. The highest BCUT2D eigenvalue weighted by Gasteiger charge is 2.31. The van der Waals surface area contributed by atoms with Crippen LogP contribution in [-0.2, 0) is 10.0 Å². The van der Waals surface area contributed by atoms with Crippen LogP contribution in [0, 0.1) is 5.92 Å². The highest BCUT2D eigenvalue weighted by atomic mass is 35.5. The molecule has 1 aliphatic heterocycles. The normalized spacial score (nSPS) is 19.6. The molecular weight excluding hydrogens is 300 g/mol. The summed E-state index contributed by atoms with van der Waals surface area (Å²) in [4.78, 5) is 0.288. The minimum Gasteiger partial charge on any atom is -0.494 e. The Hall–Kier alpha value is -0.820. The molecule has 1 aliphatic rings. The quantitative estimate of drug-likeness (QED) is 0.892. The van der Waals surface area contributed by atoms with Crippen molar-refractivity contribution in [3.05, 3.63) is 24.3 Å². The molecule has 0 radical (unpaired) electrons. The maximum Gasteiger partial charge on any atom is 0.243 e. The van der Waals surface area contributed by atoms with Crippen molar-refractivity contribution in [3.8, 4) is 5.75 Å². The van der Waals surface area contributed by atoms with Gasteiger partial charge in [0.1, 0.15) is 5.75 Å². The lowest BCUT2D eigenvalue weighted by molar-refractivity contribution is 0.339. The maximum atomic E-state index is 12.5. The Morgan fingerprint density at radius 3 is 2.80 bits per heavy atom. The summed E-state index contributed by atoms with van der Waals surface area (Å²) in [5.41, 5.74) is 5.60. The number of sulfonamides is 1. The van der Waals surface area contributed by atoms with Crippen LogP contribution in [0.15, 0.2) is 29.2 Å². The standard InChI is InChI=1S/C13H20N2O3S.ClH/c1-2-18-12-4-3-5-13(8-12)19(16,17)15-7-6-11(9-14)10-15;/h3-5,8,11H,2,6-7,9-10,14H2,1H3;1H. The van der Waals surface area contributed by atoms with Gasteiger partial charge in [-0.15, -0.1) is 12.4 Å². The SMILES string of the molecule is CCOc1cccc(S(=O)(=O)N2CCC(CN)C2)c1.Cl. The number of hydrogen-bond acceptors (Lipinski definition) is 4. The van der Waals surface area contributed by atoms with Crippen LogP contribution in [0.25, 0.3) is 0 Å². The molecule has 20 heavy (non-hydrogen) atoms. The van der Waals surface area contributed by atoms with E-state index in [-0.39, 0.29) is 23.2 Å². The van der Waals surface area contributed by atoms with Gasteiger partial charge in [-0.3, -0.25) is 0 Å². The summed E-state index contributed by atoms with van der Waals surface area (Å²) in [6.07, 6.45) is 0.834. The molecule has 1 heterocycles. The average molecular weight is 321 g/mol. The fraction of sp³-hybridized carbons (Fsp3) is 0.538. The van der Waals surface area contributed by atoms with Gasteiger partial charge >= 0.3 is 0 Å². The minimum atomic E-state index is -3.42. The molecule has 5 nitrogen and oxygen atoms in total. The first-order valence-corrected chi connectivity index (χ1v) is 7.95. The smallest absolute Gasteiger partial charge is 0.243 e. The lowest BCUT2D eigenvalue weighted by Crippen LogP contribution is -2.30. The van der Waals surface area contributed by atoms with E-state index in [2.05, 4.69) is 0 Å². The van der Waals surface area contributed by atoms with E-state index in [1.165, 1.54) is 4.31 Å². The van der Waals surface area contributed by atoms with E-state index in [1.807, 2.05) is 6.92 Å². The van der Waals surface area contributed by atoms with E-state index in [1.54, 1.807) is 24.3 Å². The van der Waals surface area contributed by atoms with E-state index in [9.17, 15) is 8.42 Å². The molecule has 2 rings (SSSR count). The number of halogens is 1. The fourth-order valence-corrected chi connectivity index (χ4v) is 3.81. The zero-order valence-corrected chi connectivity index (χ0v) is 13.1. The predicted octanol–water partition coefficient (Wildman–Crippen LogP) is 1.48. The molecule has 1 saturated heterocycles. The van der Waals surface area contributed by atoms with Crippen LogP contribution in [0.2, 0.25) is 0 Å². The highest BCUT2D eigenvalue weighted by Crippen LogP contribution is 2.25. The van der Waals surface area contributed by atoms with Crippen LogP contribution >= 0.6 is 12.4 Å². The zero-order chi connectivity index (χ0) is 13.9. The highest BCUT2D eigenvalue weighted by molar-refractivity contribution is 7.89. The molecule has 0 amide bonds. The summed E-state index contributed by atoms with van der Waals surface area (Å²) in [6.45, 7) is 3.97. The summed E-state index contributed by atoms with van der Waals surface area (Å²) in [7, 11) is -3.42. The van der Waals surface area contributed by atoms with Crippen molar-refractivity contribution in [2.45, 2.75) is 18.2 Å². The van der Waals surface area contributed by atoms with Crippen LogP contribution in [0.3, 0.4) is 0 Å². The van der Waals surface area contributed by atoms with Gasteiger partial charge in [-0.25, -0.2) is 8.42 Å². The molecule has 1 atom stereocenters. The summed E-state index contributed by atoms with van der Waals surface area (Å²) < 4.78 is 31.8. The second kappa shape index (κ2) is 7.26. The molecule has 2 N–H and O–H groups in total. The third-order valence-electron chi connectivity index (χ3n) is 3.34. The number of benzene rings is 1. The van der Waals surface area contributed by atoms with Crippen LogP contribution in [0.4, 0.5) is 0 Å². The zero-order valence-electron chi connectivity index (χ0n) is 11.5. The van der Waals surface area contributed by atoms with Gasteiger partial charge < -0.3 is 10.5 Å². The van der Waals surface area contributed by atoms with Gasteiger partial charge in [-0.2, -0.15) is 4.31 Å². The van der Waals surface area contributed by atoms with E-state index in [0.717, 1.165) is 6.42 Å². The lowest BCUT2D eigenvalue weighted by atomic mass is 10.1. The first kappa shape index (κ1) is 17.2. The Balaban J connectivity index is 0.00000200. The number of nitrogens with zero attached hydrogens (tertiary/aromatic N) is 1. The van der Waals surface area contributed by atoms with Crippen molar-refractivity contribution in [1.82, 2.24) is 4.31 Å². The van der Waals surface area contributed by atoms with Gasteiger partial charge in [0.25, 0.3) is 0 Å². The summed E-state index contributed by atoms with van der Waals surface area (Å²) in [6, 6.07) is 6.64. The number of rotatable bonds is 5. The molecule has 0 aromatic heterocycles. The second-order valence-corrected chi connectivity index (χ2v) is 6.60. The molecule has 1 fully saturated rings. The fourth-order valence-electron chi connectivity index (χ4n) is 2.25. The largest absolute Gasteiger partial charge is 0.494 e. The number of ether oxygens (including phenoxy) is 1. The first-order valence-electron chi connectivity index (χ1n) is 6.51. The Kier molecular flexibility index (Phi) is 6.26. The van der Waals surface area contributed by atoms with Crippen molar-refractivity contribution in [2.24, 2.45) is 11.7 Å². The van der Waals surface area contributed by atoms with Crippen LogP contribution in [0.1, 0.15) is 13.3 Å². The predicted molar refractivity (Wildman–Crippen MR) is 80.8 cm³/mol. The molecule has 0 aliphatic carbocycles. The van der Waals surface area contributed by atoms with Crippen molar-refractivity contribution >= 4 is 22.4 Å². The Bertz CT molecular complexity index is 536. The molecule has 1 aromatic carbocycles. The Morgan fingerprint density at radius 1 is 1.45 bits per heavy atom. The van der Waals surface area contributed by atoms with Gasteiger partial charge in [0, 0.05) is 19.2 Å². The van der Waals surface area contributed by atoms with Crippen molar-refractivity contribution in [2.75, 3.05) is 26.2 Å². The third-order valence-corrected chi connectivity index (χ3v) is 5.20. The van der Waals surface area contributed by atoms with Crippen LogP contribution in [-0.4, -0.2) is 39.0 Å². The first-order chi connectivity index (χ1) is 9.07. The molecule has 0 bridgehead atoms. The van der Waals surface area contributed by atoms with Gasteiger partial charge in [-0.05, 0) is 37.9 Å². The summed E-state index contributed by atoms with van der Waals surface area (Å²) in [5, 5.41) is 0. The van der Waals surface area contributed by atoms with Crippen molar-refractivity contribution in [3.63, 3.8) is 0 Å². The molecular formula is C13H21ClN2O3S. The molecule has 114 valence electrons. The number of nitrogens with two attached hydrogens (primary N) is 1. The Labute approximate surface area is 126 Å². The Morgan fingerprint density at radius 2 is 2.20 bits per heavy atom. The second-order valence-electron chi connectivity index (χ2n) is 4.66. The van der Waals surface area contributed by atoms with Crippen molar-refractivity contribution < 1.29 is 13.2 Å². The maximum absolute atomic E-state index is 12.5. The van der Waals surface area contributed by atoms with Gasteiger partial charge in [0.2, 0.25) is 10.0 Å². The van der Waals surface area contributed by atoms with E-state index >= 15 is 0 Å². The van der Waals surface area contributed by atoms with E-state index in [0.29, 0.717) is 32.0 Å².